The largest absolute Gasteiger partial charge is 0.467 e. The maximum atomic E-state index is 12.2. The summed E-state index contributed by atoms with van der Waals surface area (Å²) >= 11 is 1.59. The Bertz CT molecular complexity index is 347. The summed E-state index contributed by atoms with van der Waals surface area (Å²) in [5.74, 6) is -0.475. The molecule has 0 spiro atoms. The van der Waals surface area contributed by atoms with E-state index >= 15 is 0 Å². The molecule has 0 aliphatic rings. The highest BCUT2D eigenvalue weighted by molar-refractivity contribution is 7.98. The van der Waals surface area contributed by atoms with Crippen molar-refractivity contribution in [2.75, 3.05) is 19.1 Å². The topological polar surface area (TPSA) is 84.5 Å². The minimum atomic E-state index is -0.710. The first-order valence-corrected chi connectivity index (χ1v) is 7.87. The molecule has 20 heavy (non-hydrogen) atoms. The Balaban J connectivity index is 4.77. The number of methoxy groups -OCH3 is 1. The molecule has 0 aliphatic carbocycles. The quantitative estimate of drug-likeness (QED) is 0.640. The van der Waals surface area contributed by atoms with Gasteiger partial charge in [0.15, 0.2) is 0 Å². The lowest BCUT2D eigenvalue weighted by molar-refractivity contribution is -0.146. The molecule has 6 nitrogen and oxygen atoms in total. The van der Waals surface area contributed by atoms with Crippen molar-refractivity contribution in [2.24, 2.45) is 5.92 Å². The second kappa shape index (κ2) is 9.63. The monoisotopic (exact) mass is 304 g/mol. The Morgan fingerprint density at radius 2 is 1.80 bits per heavy atom. The van der Waals surface area contributed by atoms with Crippen molar-refractivity contribution in [3.63, 3.8) is 0 Å². The van der Waals surface area contributed by atoms with Crippen molar-refractivity contribution < 1.29 is 19.1 Å². The van der Waals surface area contributed by atoms with Crippen molar-refractivity contribution in [1.82, 2.24) is 10.6 Å². The summed E-state index contributed by atoms with van der Waals surface area (Å²) in [6.45, 7) is 4.99. The first-order valence-electron chi connectivity index (χ1n) is 6.47. The number of ether oxygens (including phenoxy) is 1. The molecular weight excluding hydrogens is 280 g/mol. The lowest BCUT2D eigenvalue weighted by atomic mass is 10.0. The Morgan fingerprint density at radius 3 is 2.20 bits per heavy atom. The van der Waals surface area contributed by atoms with E-state index in [1.165, 1.54) is 14.0 Å². The molecule has 116 valence electrons. The molecule has 0 fully saturated rings. The summed E-state index contributed by atoms with van der Waals surface area (Å²) < 4.78 is 4.67. The van der Waals surface area contributed by atoms with Gasteiger partial charge in [-0.1, -0.05) is 13.8 Å². The zero-order chi connectivity index (χ0) is 15.7. The molecule has 2 amide bonds. The predicted octanol–water partition coefficient (Wildman–Crippen LogP) is 0.558. The SMILES string of the molecule is COC(=O)[C@@H](NC(=O)[C@H](CCSC)NC(C)=O)C(C)C. The van der Waals surface area contributed by atoms with E-state index in [2.05, 4.69) is 15.4 Å². The van der Waals surface area contributed by atoms with Crippen molar-refractivity contribution in [3.8, 4) is 0 Å². The number of hydrogen-bond donors (Lipinski definition) is 2. The third kappa shape index (κ3) is 6.79. The van der Waals surface area contributed by atoms with E-state index < -0.39 is 18.1 Å². The van der Waals surface area contributed by atoms with Gasteiger partial charge in [0.25, 0.3) is 0 Å². The third-order valence-corrected chi connectivity index (χ3v) is 3.37. The molecule has 0 radical (unpaired) electrons. The van der Waals surface area contributed by atoms with Crippen molar-refractivity contribution in [3.05, 3.63) is 0 Å². The lowest BCUT2D eigenvalue weighted by Crippen LogP contribution is -2.53. The molecular formula is C13H24N2O4S. The fourth-order valence-electron chi connectivity index (χ4n) is 1.63. The van der Waals surface area contributed by atoms with Crippen LogP contribution in [0.1, 0.15) is 27.2 Å². The molecule has 2 atom stereocenters. The van der Waals surface area contributed by atoms with Crippen LogP contribution in [0.3, 0.4) is 0 Å². The predicted molar refractivity (Wildman–Crippen MR) is 79.4 cm³/mol. The van der Waals surface area contributed by atoms with E-state index in [1.807, 2.05) is 20.1 Å². The Hall–Kier alpha value is -1.24. The van der Waals surface area contributed by atoms with Gasteiger partial charge in [0, 0.05) is 6.92 Å². The van der Waals surface area contributed by atoms with Crippen molar-refractivity contribution >= 4 is 29.5 Å². The van der Waals surface area contributed by atoms with Crippen molar-refractivity contribution in [2.45, 2.75) is 39.3 Å². The van der Waals surface area contributed by atoms with Crippen LogP contribution in [0.4, 0.5) is 0 Å². The highest BCUT2D eigenvalue weighted by atomic mass is 32.2. The molecule has 0 saturated carbocycles. The van der Waals surface area contributed by atoms with E-state index in [9.17, 15) is 14.4 Å². The third-order valence-electron chi connectivity index (χ3n) is 2.72. The van der Waals surface area contributed by atoms with Gasteiger partial charge in [0.2, 0.25) is 11.8 Å². The minimum absolute atomic E-state index is 0.0927. The first kappa shape index (κ1) is 18.8. The molecule has 0 unspecified atom stereocenters. The van der Waals surface area contributed by atoms with Crippen LogP contribution in [0.2, 0.25) is 0 Å². The number of nitrogens with one attached hydrogen (secondary N) is 2. The van der Waals surface area contributed by atoms with E-state index in [0.717, 1.165) is 5.75 Å². The number of esters is 1. The van der Waals surface area contributed by atoms with Crippen LogP contribution in [0.5, 0.6) is 0 Å². The van der Waals surface area contributed by atoms with E-state index in [4.69, 9.17) is 0 Å². The van der Waals surface area contributed by atoms with Crippen LogP contribution in [0.15, 0.2) is 0 Å². The van der Waals surface area contributed by atoms with Crippen LogP contribution in [0, 0.1) is 5.92 Å². The van der Waals surface area contributed by atoms with E-state index in [-0.39, 0.29) is 17.7 Å². The lowest BCUT2D eigenvalue weighted by Gasteiger charge is -2.23. The number of carbonyl (C=O) groups excluding carboxylic acids is 3. The minimum Gasteiger partial charge on any atom is -0.467 e. The number of thioether (sulfide) groups is 1. The molecule has 7 heteroatoms. The maximum Gasteiger partial charge on any atom is 0.328 e. The van der Waals surface area contributed by atoms with Crippen LogP contribution in [-0.4, -0.2) is 49.0 Å². The average Bonchev–Trinajstić information content (AvgIpc) is 2.38. The molecule has 2 N–H and O–H groups in total. The fraction of sp³-hybridized carbons (Fsp3) is 0.769. The van der Waals surface area contributed by atoms with Gasteiger partial charge in [0.05, 0.1) is 7.11 Å². The van der Waals surface area contributed by atoms with E-state index in [0.29, 0.717) is 6.42 Å². The second-order valence-electron chi connectivity index (χ2n) is 4.79. The van der Waals surface area contributed by atoms with Gasteiger partial charge < -0.3 is 15.4 Å². The standard InChI is InChI=1S/C13H24N2O4S/c1-8(2)11(13(18)19-4)15-12(17)10(6-7-20-5)14-9(3)16/h8,10-11H,6-7H2,1-5H3,(H,14,16)(H,15,17)/t10-,11-/m0/s1. The number of amides is 2. The van der Waals surface area contributed by atoms with Crippen LogP contribution in [0.25, 0.3) is 0 Å². The van der Waals surface area contributed by atoms with Gasteiger partial charge in [-0.25, -0.2) is 4.79 Å². The summed E-state index contributed by atoms with van der Waals surface area (Å²) in [5, 5.41) is 5.24. The fourth-order valence-corrected chi connectivity index (χ4v) is 2.10. The highest BCUT2D eigenvalue weighted by Crippen LogP contribution is 2.06. The summed E-state index contributed by atoms with van der Waals surface area (Å²) in [6.07, 6.45) is 2.44. The number of carbonyl (C=O) groups is 3. The molecule has 0 aromatic carbocycles. The smallest absolute Gasteiger partial charge is 0.328 e. The van der Waals surface area contributed by atoms with Gasteiger partial charge >= 0.3 is 5.97 Å². The zero-order valence-corrected chi connectivity index (χ0v) is 13.5. The molecule has 0 aliphatic heterocycles. The van der Waals surface area contributed by atoms with Crippen LogP contribution < -0.4 is 10.6 Å². The maximum absolute atomic E-state index is 12.2. The molecule has 0 heterocycles. The van der Waals surface area contributed by atoms with Gasteiger partial charge in [-0.05, 0) is 24.3 Å². The highest BCUT2D eigenvalue weighted by Gasteiger charge is 2.28. The van der Waals surface area contributed by atoms with Gasteiger partial charge in [-0.2, -0.15) is 11.8 Å². The first-order chi connectivity index (χ1) is 9.33. The second-order valence-corrected chi connectivity index (χ2v) is 5.77. The van der Waals surface area contributed by atoms with Gasteiger partial charge in [0.1, 0.15) is 12.1 Å². The van der Waals surface area contributed by atoms with E-state index in [1.54, 1.807) is 11.8 Å². The molecule has 0 bridgehead atoms. The molecule has 0 rings (SSSR count). The summed E-state index contributed by atoms with van der Waals surface area (Å²) in [6, 6.07) is -1.34. The van der Waals surface area contributed by atoms with Crippen LogP contribution in [-0.2, 0) is 19.1 Å². The van der Waals surface area contributed by atoms with Gasteiger partial charge in [-0.3, -0.25) is 9.59 Å². The number of hydrogen-bond acceptors (Lipinski definition) is 5. The van der Waals surface area contributed by atoms with Crippen LogP contribution >= 0.6 is 11.8 Å². The number of rotatable bonds is 8. The molecule has 0 aromatic rings. The summed E-state index contributed by atoms with van der Waals surface area (Å²) in [7, 11) is 1.28. The zero-order valence-electron chi connectivity index (χ0n) is 12.7. The van der Waals surface area contributed by atoms with Gasteiger partial charge in [-0.15, -0.1) is 0 Å². The summed E-state index contributed by atoms with van der Waals surface area (Å²) in [4.78, 5) is 34.9. The van der Waals surface area contributed by atoms with Crippen molar-refractivity contribution in [1.29, 1.82) is 0 Å². The molecule has 0 saturated heterocycles. The Morgan fingerprint density at radius 1 is 1.20 bits per heavy atom. The Labute approximate surface area is 124 Å². The summed E-state index contributed by atoms with van der Waals surface area (Å²) in [5.41, 5.74) is 0. The Kier molecular flexibility index (Phi) is 9.03. The molecule has 0 aromatic heterocycles. The normalized spacial score (nSPS) is 13.5. The average molecular weight is 304 g/mol.